The van der Waals surface area contributed by atoms with Crippen molar-refractivity contribution >= 4 is 17.2 Å². The molecule has 1 aliphatic heterocycles. The molecule has 1 aromatic carbocycles. The maximum atomic E-state index is 13.0. The molecule has 1 aliphatic rings. The normalized spacial score (nSPS) is 17.9. The summed E-state index contributed by atoms with van der Waals surface area (Å²) in [5.41, 5.74) is 3.97. The first kappa shape index (κ1) is 20.3. The first-order valence-electron chi connectivity index (χ1n) is 9.80. The van der Waals surface area contributed by atoms with Gasteiger partial charge in [-0.3, -0.25) is 14.8 Å². The maximum Gasteiger partial charge on any atom is 0.264 e. The van der Waals surface area contributed by atoms with Gasteiger partial charge < -0.3 is 15.2 Å². The number of aromatic nitrogens is 3. The topological polar surface area (TPSA) is 97.2 Å². The second-order valence-electron chi connectivity index (χ2n) is 7.78. The average molecular weight is 425 g/mol. The Balaban J connectivity index is 1.48. The highest BCUT2D eigenvalue weighted by Crippen LogP contribution is 2.43. The number of benzene rings is 1. The Labute approximate surface area is 179 Å². The fourth-order valence-corrected chi connectivity index (χ4v) is 4.46. The predicted molar refractivity (Wildman–Crippen MR) is 115 cm³/mol. The zero-order chi connectivity index (χ0) is 21.5. The molecular weight excluding hydrogens is 400 g/mol. The summed E-state index contributed by atoms with van der Waals surface area (Å²) in [5, 5.41) is 16.0. The van der Waals surface area contributed by atoms with Gasteiger partial charge in [0.1, 0.15) is 22.2 Å². The Morgan fingerprint density at radius 3 is 2.80 bits per heavy atom. The fourth-order valence-electron chi connectivity index (χ4n) is 3.68. The van der Waals surface area contributed by atoms with Crippen LogP contribution in [0.3, 0.4) is 0 Å². The van der Waals surface area contributed by atoms with Gasteiger partial charge in [0, 0.05) is 29.8 Å². The molecule has 0 saturated heterocycles. The number of nitrogens with one attached hydrogen (secondary N) is 1. The van der Waals surface area contributed by atoms with Crippen molar-refractivity contribution in [1.82, 2.24) is 20.3 Å². The van der Waals surface area contributed by atoms with Gasteiger partial charge in [0.05, 0.1) is 18.4 Å². The Morgan fingerprint density at radius 2 is 2.07 bits per heavy atom. The number of fused-ring (bicyclic) bond motifs is 1. The molecule has 1 amide bonds. The maximum absolute atomic E-state index is 13.0. The first-order chi connectivity index (χ1) is 14.3. The Morgan fingerprint density at radius 1 is 1.27 bits per heavy atom. The molecule has 156 valence electrons. The summed E-state index contributed by atoms with van der Waals surface area (Å²) in [7, 11) is 0. The third-order valence-electron chi connectivity index (χ3n) is 5.76. The van der Waals surface area contributed by atoms with Crippen molar-refractivity contribution in [3.63, 3.8) is 0 Å². The number of amides is 1. The third-order valence-corrected chi connectivity index (χ3v) is 6.68. The van der Waals surface area contributed by atoms with E-state index in [4.69, 9.17) is 4.74 Å². The van der Waals surface area contributed by atoms with Crippen LogP contribution in [0.2, 0.25) is 0 Å². The van der Waals surface area contributed by atoms with Gasteiger partial charge in [-0.25, -0.2) is 4.98 Å². The molecule has 2 N–H and O–H groups in total. The molecule has 3 heterocycles. The van der Waals surface area contributed by atoms with Crippen LogP contribution in [0.4, 0.5) is 0 Å². The van der Waals surface area contributed by atoms with Crippen molar-refractivity contribution in [2.45, 2.75) is 52.7 Å². The molecule has 0 unspecified atom stereocenters. The van der Waals surface area contributed by atoms with Crippen molar-refractivity contribution in [1.29, 1.82) is 0 Å². The van der Waals surface area contributed by atoms with Crippen LogP contribution in [0, 0.1) is 20.8 Å². The quantitative estimate of drug-likeness (QED) is 0.664. The number of aromatic hydroxyl groups is 1. The summed E-state index contributed by atoms with van der Waals surface area (Å²) in [5.74, 6) is 0.848. The van der Waals surface area contributed by atoms with E-state index in [-0.39, 0.29) is 5.91 Å². The lowest BCUT2D eigenvalue weighted by Gasteiger charge is -2.36. The number of hydrogen-bond donors (Lipinski definition) is 2. The van der Waals surface area contributed by atoms with E-state index in [0.29, 0.717) is 36.6 Å². The Kier molecular flexibility index (Phi) is 5.19. The van der Waals surface area contributed by atoms with E-state index in [1.807, 2.05) is 33.1 Å². The smallest absolute Gasteiger partial charge is 0.264 e. The molecule has 0 saturated carbocycles. The molecule has 0 spiro atoms. The zero-order valence-corrected chi connectivity index (χ0v) is 18.3. The van der Waals surface area contributed by atoms with Crippen LogP contribution >= 0.6 is 11.3 Å². The van der Waals surface area contributed by atoms with Crippen LogP contribution in [0.5, 0.6) is 11.5 Å². The molecule has 7 nitrogen and oxygen atoms in total. The van der Waals surface area contributed by atoms with Gasteiger partial charge >= 0.3 is 0 Å². The van der Waals surface area contributed by atoms with E-state index in [2.05, 4.69) is 20.3 Å². The molecule has 8 heteroatoms. The van der Waals surface area contributed by atoms with Crippen molar-refractivity contribution < 1.29 is 14.6 Å². The van der Waals surface area contributed by atoms with E-state index in [9.17, 15) is 9.90 Å². The number of phenolic OH excluding ortho intramolecular Hbond substituents is 1. The summed E-state index contributed by atoms with van der Waals surface area (Å²) in [6, 6.07) is 0. The molecule has 0 fully saturated rings. The molecule has 30 heavy (non-hydrogen) atoms. The van der Waals surface area contributed by atoms with Gasteiger partial charge in [-0.15, -0.1) is 11.3 Å². The van der Waals surface area contributed by atoms with Crippen LogP contribution in [0.15, 0.2) is 24.0 Å². The van der Waals surface area contributed by atoms with Gasteiger partial charge in [-0.2, -0.15) is 0 Å². The second-order valence-corrected chi connectivity index (χ2v) is 8.64. The molecule has 4 rings (SSSR count). The minimum atomic E-state index is -0.975. The minimum absolute atomic E-state index is 0.176. The lowest BCUT2D eigenvalue weighted by Crippen LogP contribution is -2.50. The Hall–Kier alpha value is -3.00. The van der Waals surface area contributed by atoms with Gasteiger partial charge in [0.15, 0.2) is 5.60 Å². The van der Waals surface area contributed by atoms with Crippen LogP contribution in [-0.4, -0.2) is 31.6 Å². The summed E-state index contributed by atoms with van der Waals surface area (Å²) >= 11 is 1.47. The van der Waals surface area contributed by atoms with Crippen LogP contribution in [0.25, 0.3) is 10.7 Å². The van der Waals surface area contributed by atoms with E-state index in [0.717, 1.165) is 33.0 Å². The van der Waals surface area contributed by atoms with Crippen LogP contribution < -0.4 is 10.1 Å². The SMILES string of the molecule is Cc1c(C)c2c(c(C)c1O)CC[C@](C)(C(=O)NCc1csc(-c3cnccn3)n1)O2. The summed E-state index contributed by atoms with van der Waals surface area (Å²) in [4.78, 5) is 25.8. The fraction of sp³-hybridized carbons (Fsp3) is 0.364. The number of hydrogen-bond acceptors (Lipinski definition) is 7. The first-order valence-corrected chi connectivity index (χ1v) is 10.7. The number of thiazole rings is 1. The Bertz CT molecular complexity index is 1110. The number of ether oxygens (including phenoxy) is 1. The number of nitrogens with zero attached hydrogens (tertiary/aromatic N) is 3. The van der Waals surface area contributed by atoms with Crippen LogP contribution in [0.1, 0.15) is 41.3 Å². The van der Waals surface area contributed by atoms with Crippen LogP contribution in [-0.2, 0) is 17.8 Å². The van der Waals surface area contributed by atoms with Gasteiger partial charge in [-0.05, 0) is 50.8 Å². The molecular formula is C22H24N4O3S. The highest BCUT2D eigenvalue weighted by Gasteiger charge is 2.40. The largest absolute Gasteiger partial charge is 0.507 e. The van der Waals surface area contributed by atoms with E-state index in [1.54, 1.807) is 18.6 Å². The molecule has 0 aliphatic carbocycles. The monoisotopic (exact) mass is 424 g/mol. The van der Waals surface area contributed by atoms with E-state index >= 15 is 0 Å². The van der Waals surface area contributed by atoms with Gasteiger partial charge in [-0.1, -0.05) is 0 Å². The lowest BCUT2D eigenvalue weighted by atomic mass is 9.86. The van der Waals surface area contributed by atoms with Gasteiger partial charge in [0.25, 0.3) is 5.91 Å². The lowest BCUT2D eigenvalue weighted by molar-refractivity contribution is -0.137. The summed E-state index contributed by atoms with van der Waals surface area (Å²) < 4.78 is 6.23. The molecule has 3 aromatic rings. The molecule has 0 radical (unpaired) electrons. The predicted octanol–water partition coefficient (Wildman–Crippen LogP) is 3.63. The minimum Gasteiger partial charge on any atom is -0.507 e. The number of carbonyl (C=O) groups excluding carboxylic acids is 1. The van der Waals surface area contributed by atoms with Crippen molar-refractivity contribution in [3.8, 4) is 22.2 Å². The van der Waals surface area contributed by atoms with Crippen molar-refractivity contribution in [2.24, 2.45) is 0 Å². The van der Waals surface area contributed by atoms with E-state index in [1.165, 1.54) is 11.3 Å². The number of phenols is 1. The molecule has 2 aromatic heterocycles. The summed E-state index contributed by atoms with van der Waals surface area (Å²) in [6.45, 7) is 7.80. The summed E-state index contributed by atoms with van der Waals surface area (Å²) in [6.07, 6.45) is 6.12. The number of carbonyl (C=O) groups is 1. The van der Waals surface area contributed by atoms with Gasteiger partial charge in [0.2, 0.25) is 0 Å². The zero-order valence-electron chi connectivity index (χ0n) is 17.4. The van der Waals surface area contributed by atoms with Crippen molar-refractivity contribution in [3.05, 3.63) is 51.9 Å². The standard InChI is InChI=1S/C22H24N4O3S/c1-12-13(2)19-16(14(3)18(12)27)5-6-22(4,29-19)21(28)25-9-15-11-30-20(26-15)17-10-23-7-8-24-17/h7-8,10-11,27H,5-6,9H2,1-4H3,(H,25,28)/t22-/m1/s1. The number of rotatable bonds is 4. The third kappa shape index (κ3) is 3.52. The molecule has 0 bridgehead atoms. The van der Waals surface area contributed by atoms with E-state index < -0.39 is 5.60 Å². The molecule has 1 atom stereocenters. The highest BCUT2D eigenvalue weighted by atomic mass is 32.1. The highest BCUT2D eigenvalue weighted by molar-refractivity contribution is 7.13. The average Bonchev–Trinajstić information content (AvgIpc) is 3.24. The second kappa shape index (κ2) is 7.68. The van der Waals surface area contributed by atoms with Crippen molar-refractivity contribution in [2.75, 3.05) is 0 Å².